The minimum atomic E-state index is -4.71. The molecule has 0 aliphatic carbocycles. The van der Waals surface area contributed by atoms with Gasteiger partial charge in [-0.2, -0.15) is 0 Å². The summed E-state index contributed by atoms with van der Waals surface area (Å²) in [6.45, 7) is 5.70. The highest BCUT2D eigenvalue weighted by Crippen LogP contribution is 2.44. The lowest BCUT2D eigenvalue weighted by atomic mass is 10.0. The standard InChI is InChI=1S/C27H23ClF3N5O4S2/c1-27(2,3)40-26(37)36-12-10-19(36)24-34-22(23(41-24)18-9-11-32-25(28)33-18)15-5-4-6-17(21(15)31)35-42(38,39)20-13-14(29)7-8-16(20)30/h4-9,11,13,19,35H,10,12H2,1-3H3. The van der Waals surface area contributed by atoms with E-state index in [4.69, 9.17) is 16.3 Å². The Bertz CT molecular complexity index is 1800. The van der Waals surface area contributed by atoms with Gasteiger partial charge in [0, 0.05) is 18.3 Å². The summed E-state index contributed by atoms with van der Waals surface area (Å²) in [5, 5.41) is 0.408. The van der Waals surface area contributed by atoms with Gasteiger partial charge >= 0.3 is 6.09 Å². The van der Waals surface area contributed by atoms with E-state index < -0.39 is 55.8 Å². The molecule has 3 heterocycles. The number of hydrogen-bond donors (Lipinski definition) is 1. The number of halogens is 4. The third-order valence-electron chi connectivity index (χ3n) is 6.12. The highest BCUT2D eigenvalue weighted by atomic mass is 35.5. The fourth-order valence-corrected chi connectivity index (χ4v) is 6.65. The van der Waals surface area contributed by atoms with Gasteiger partial charge < -0.3 is 4.74 Å². The van der Waals surface area contributed by atoms with Gasteiger partial charge in [-0.15, -0.1) is 11.3 Å². The fraction of sp³-hybridized carbons (Fsp3) is 0.259. The summed E-state index contributed by atoms with van der Waals surface area (Å²) in [5.41, 5.74) is -0.901. The molecule has 9 nitrogen and oxygen atoms in total. The van der Waals surface area contributed by atoms with Crippen LogP contribution in [0.25, 0.3) is 21.8 Å². The van der Waals surface area contributed by atoms with Crippen LogP contribution >= 0.6 is 22.9 Å². The van der Waals surface area contributed by atoms with Gasteiger partial charge in [-0.25, -0.2) is 41.3 Å². The number of carbonyl (C=O) groups is 1. The second kappa shape index (κ2) is 11.2. The zero-order chi connectivity index (χ0) is 30.4. The first-order chi connectivity index (χ1) is 19.7. The highest BCUT2D eigenvalue weighted by molar-refractivity contribution is 7.92. The molecule has 4 aromatic rings. The van der Waals surface area contributed by atoms with Gasteiger partial charge in [0.1, 0.15) is 27.1 Å². The number of sulfonamides is 1. The highest BCUT2D eigenvalue weighted by Gasteiger charge is 2.39. The maximum atomic E-state index is 16.0. The van der Waals surface area contributed by atoms with Gasteiger partial charge in [0.25, 0.3) is 10.0 Å². The Morgan fingerprint density at radius 3 is 2.57 bits per heavy atom. The van der Waals surface area contributed by atoms with Crippen LogP contribution in [0.2, 0.25) is 5.28 Å². The van der Waals surface area contributed by atoms with E-state index in [9.17, 15) is 22.0 Å². The Balaban J connectivity index is 1.57. The summed E-state index contributed by atoms with van der Waals surface area (Å²) in [4.78, 5) is 26.5. The van der Waals surface area contributed by atoms with Crippen molar-refractivity contribution in [3.63, 3.8) is 0 Å². The second-order valence-corrected chi connectivity index (χ2v) is 13.3. The number of nitrogens with one attached hydrogen (secondary N) is 1. The molecule has 0 bridgehead atoms. The molecule has 1 N–H and O–H groups in total. The molecule has 0 saturated carbocycles. The smallest absolute Gasteiger partial charge is 0.410 e. The molecule has 1 amide bonds. The molecule has 1 aliphatic rings. The van der Waals surface area contributed by atoms with Crippen molar-refractivity contribution in [1.29, 1.82) is 0 Å². The number of aromatic nitrogens is 3. The van der Waals surface area contributed by atoms with Gasteiger partial charge in [0.15, 0.2) is 5.82 Å². The van der Waals surface area contributed by atoms with Crippen LogP contribution in [0.3, 0.4) is 0 Å². The number of thiazole rings is 1. The normalized spacial score (nSPS) is 15.3. The Morgan fingerprint density at radius 2 is 1.90 bits per heavy atom. The minimum Gasteiger partial charge on any atom is -0.444 e. The average Bonchev–Trinajstić information content (AvgIpc) is 3.29. The zero-order valence-corrected chi connectivity index (χ0v) is 24.7. The Kier molecular flexibility index (Phi) is 7.89. The first-order valence-corrected chi connectivity index (χ1v) is 15.2. The number of likely N-dealkylation sites (tertiary alicyclic amines) is 1. The molecule has 0 spiro atoms. The van der Waals surface area contributed by atoms with Crippen LogP contribution in [0.4, 0.5) is 23.7 Å². The number of hydrogen-bond acceptors (Lipinski definition) is 8. The van der Waals surface area contributed by atoms with E-state index in [1.807, 2.05) is 4.72 Å². The van der Waals surface area contributed by atoms with E-state index in [0.29, 0.717) is 40.7 Å². The van der Waals surface area contributed by atoms with Crippen molar-refractivity contribution in [2.24, 2.45) is 0 Å². The average molecular weight is 638 g/mol. The summed E-state index contributed by atoms with van der Waals surface area (Å²) in [6.07, 6.45) is 1.48. The van der Waals surface area contributed by atoms with Crippen molar-refractivity contribution in [3.8, 4) is 21.8 Å². The van der Waals surface area contributed by atoms with Crippen LogP contribution in [0, 0.1) is 17.5 Å². The number of benzene rings is 2. The third kappa shape index (κ3) is 6.05. The summed E-state index contributed by atoms with van der Waals surface area (Å²) in [6, 6.07) is 6.93. The first-order valence-electron chi connectivity index (χ1n) is 12.5. The van der Waals surface area contributed by atoms with Crippen LogP contribution in [-0.2, 0) is 14.8 Å². The SMILES string of the molecule is CC(C)(C)OC(=O)N1CCC1c1nc(-c2cccc(NS(=O)(=O)c3cc(F)ccc3F)c2F)c(-c2ccnc(Cl)n2)s1. The fourth-order valence-electron chi connectivity index (χ4n) is 4.16. The molecular weight excluding hydrogens is 615 g/mol. The first kappa shape index (κ1) is 29.7. The van der Waals surface area contributed by atoms with E-state index in [0.717, 1.165) is 23.5 Å². The monoisotopic (exact) mass is 637 g/mol. The summed E-state index contributed by atoms with van der Waals surface area (Å²) in [5.74, 6) is -3.21. The molecule has 5 rings (SSSR count). The van der Waals surface area contributed by atoms with Crippen molar-refractivity contribution in [3.05, 3.63) is 76.4 Å². The molecule has 2 aromatic carbocycles. The molecular formula is C27H23ClF3N5O4S2. The van der Waals surface area contributed by atoms with Gasteiger partial charge in [-0.05, 0) is 75.2 Å². The van der Waals surface area contributed by atoms with E-state index in [2.05, 4.69) is 15.0 Å². The predicted octanol–water partition coefficient (Wildman–Crippen LogP) is 6.82. The molecule has 1 unspecified atom stereocenters. The van der Waals surface area contributed by atoms with E-state index in [1.54, 1.807) is 26.8 Å². The lowest BCUT2D eigenvalue weighted by Crippen LogP contribution is -2.47. The van der Waals surface area contributed by atoms with Gasteiger partial charge in [-0.1, -0.05) is 6.07 Å². The molecule has 15 heteroatoms. The zero-order valence-electron chi connectivity index (χ0n) is 22.4. The molecule has 220 valence electrons. The molecule has 2 aromatic heterocycles. The van der Waals surface area contributed by atoms with Crippen molar-refractivity contribution in [1.82, 2.24) is 19.9 Å². The quantitative estimate of drug-likeness (QED) is 0.231. The van der Waals surface area contributed by atoms with Crippen LogP contribution in [0.1, 0.15) is 38.2 Å². The largest absolute Gasteiger partial charge is 0.444 e. The maximum absolute atomic E-state index is 16.0. The molecule has 42 heavy (non-hydrogen) atoms. The van der Waals surface area contributed by atoms with Crippen LogP contribution < -0.4 is 4.72 Å². The van der Waals surface area contributed by atoms with Crippen molar-refractivity contribution in [2.75, 3.05) is 11.3 Å². The summed E-state index contributed by atoms with van der Waals surface area (Å²) < 4.78 is 77.1. The van der Waals surface area contributed by atoms with Crippen molar-refractivity contribution >= 4 is 44.7 Å². The van der Waals surface area contributed by atoms with Crippen LogP contribution in [0.5, 0.6) is 0 Å². The predicted molar refractivity (Wildman–Crippen MR) is 151 cm³/mol. The topological polar surface area (TPSA) is 114 Å². The number of amides is 1. The lowest BCUT2D eigenvalue weighted by Gasteiger charge is -2.40. The minimum absolute atomic E-state index is 0.0634. The number of rotatable bonds is 6. The third-order valence-corrected chi connectivity index (χ3v) is 8.86. The maximum Gasteiger partial charge on any atom is 0.410 e. The second-order valence-electron chi connectivity index (χ2n) is 10.3. The van der Waals surface area contributed by atoms with Crippen molar-refractivity contribution < 1.29 is 31.1 Å². The van der Waals surface area contributed by atoms with Gasteiger partial charge in [0.05, 0.1) is 28.0 Å². The number of carbonyl (C=O) groups excluding carboxylic acids is 1. The van der Waals surface area contributed by atoms with E-state index in [-0.39, 0.29) is 16.5 Å². The Morgan fingerprint density at radius 1 is 1.14 bits per heavy atom. The van der Waals surface area contributed by atoms with Gasteiger partial charge in [0.2, 0.25) is 5.28 Å². The lowest BCUT2D eigenvalue weighted by molar-refractivity contribution is -0.00577. The number of ether oxygens (including phenoxy) is 1. The van der Waals surface area contributed by atoms with Crippen molar-refractivity contribution in [2.45, 2.75) is 43.7 Å². The number of anilines is 1. The molecule has 0 radical (unpaired) electrons. The summed E-state index contributed by atoms with van der Waals surface area (Å²) >= 11 is 7.18. The molecule has 1 aliphatic heterocycles. The van der Waals surface area contributed by atoms with E-state index in [1.165, 1.54) is 23.2 Å². The van der Waals surface area contributed by atoms with Crippen LogP contribution in [-0.4, -0.2) is 46.5 Å². The molecule has 1 atom stereocenters. The van der Waals surface area contributed by atoms with Gasteiger partial charge in [-0.3, -0.25) is 9.62 Å². The molecule has 1 saturated heterocycles. The van der Waals surface area contributed by atoms with E-state index >= 15 is 4.39 Å². The Labute approximate surface area is 248 Å². The van der Waals surface area contributed by atoms with Crippen LogP contribution in [0.15, 0.2) is 53.6 Å². The summed E-state index contributed by atoms with van der Waals surface area (Å²) in [7, 11) is -4.71. The Hall–Kier alpha value is -3.75. The number of nitrogens with zero attached hydrogens (tertiary/aromatic N) is 4. The molecule has 1 fully saturated rings.